The summed E-state index contributed by atoms with van der Waals surface area (Å²) >= 11 is 0. The number of anilines is 2. The molecule has 0 heterocycles. The third-order valence-electron chi connectivity index (χ3n) is 4.46. The van der Waals surface area contributed by atoms with E-state index in [1.54, 1.807) is 38.1 Å². The molecule has 2 atom stereocenters. The molecule has 0 spiro atoms. The first-order valence-corrected chi connectivity index (χ1v) is 9.66. The maximum atomic E-state index is 12.1. The van der Waals surface area contributed by atoms with E-state index in [2.05, 4.69) is 10.6 Å². The molecule has 0 saturated carbocycles. The molecule has 0 radical (unpaired) electrons. The molecule has 2 amide bonds. The lowest BCUT2D eigenvalue weighted by atomic mass is 10.0. The van der Waals surface area contributed by atoms with E-state index in [0.29, 0.717) is 11.4 Å². The molecule has 0 bridgehead atoms. The Balaban J connectivity index is 1.57. The fourth-order valence-corrected chi connectivity index (χ4v) is 2.86. The van der Waals surface area contributed by atoms with Crippen LogP contribution in [-0.4, -0.2) is 12.2 Å². The Hall–Kier alpha value is -3.80. The van der Waals surface area contributed by atoms with Gasteiger partial charge in [-0.3, -0.25) is 10.6 Å². The number of carbonyl (C=O) groups is 2. The minimum absolute atomic E-state index is 0.473. The summed E-state index contributed by atoms with van der Waals surface area (Å²) in [6.45, 7) is 3.58. The topological polar surface area (TPSA) is 76.7 Å². The van der Waals surface area contributed by atoms with Crippen LogP contribution in [0.2, 0.25) is 0 Å². The zero-order valence-electron chi connectivity index (χ0n) is 16.9. The lowest BCUT2D eigenvalue weighted by molar-refractivity contribution is 0.118. The largest absolute Gasteiger partial charge is 0.441 e. The highest BCUT2D eigenvalue weighted by Crippen LogP contribution is 2.24. The maximum Gasteiger partial charge on any atom is 0.412 e. The Morgan fingerprint density at radius 1 is 0.633 bits per heavy atom. The summed E-state index contributed by atoms with van der Waals surface area (Å²) < 4.78 is 10.9. The fraction of sp³-hybridized carbons (Fsp3) is 0.167. The van der Waals surface area contributed by atoms with Crippen LogP contribution < -0.4 is 10.6 Å². The number of carbonyl (C=O) groups excluding carboxylic acids is 2. The first-order chi connectivity index (χ1) is 14.5. The number of benzene rings is 3. The number of amides is 2. The normalized spacial score (nSPS) is 12.3. The van der Waals surface area contributed by atoms with Crippen molar-refractivity contribution < 1.29 is 19.1 Å². The molecule has 2 N–H and O–H groups in total. The van der Waals surface area contributed by atoms with Gasteiger partial charge < -0.3 is 9.47 Å². The van der Waals surface area contributed by atoms with Crippen molar-refractivity contribution >= 4 is 23.6 Å². The summed E-state index contributed by atoms with van der Waals surface area (Å²) in [6.07, 6.45) is -2.02. The molecule has 154 valence electrons. The lowest BCUT2D eigenvalue weighted by Gasteiger charge is -2.18. The second-order valence-electron chi connectivity index (χ2n) is 6.75. The summed E-state index contributed by atoms with van der Waals surface area (Å²) in [6, 6.07) is 25.6. The van der Waals surface area contributed by atoms with Gasteiger partial charge in [0.05, 0.1) is 0 Å². The monoisotopic (exact) mass is 404 g/mol. The van der Waals surface area contributed by atoms with Crippen LogP contribution in [0.3, 0.4) is 0 Å². The number of rotatable bonds is 6. The van der Waals surface area contributed by atoms with Crippen molar-refractivity contribution in [3.63, 3.8) is 0 Å². The van der Waals surface area contributed by atoms with E-state index >= 15 is 0 Å². The molecule has 30 heavy (non-hydrogen) atoms. The summed E-state index contributed by atoms with van der Waals surface area (Å²) in [5, 5.41) is 5.38. The highest BCUT2D eigenvalue weighted by molar-refractivity contribution is 5.85. The van der Waals surface area contributed by atoms with Crippen LogP contribution in [0.1, 0.15) is 37.2 Å². The zero-order chi connectivity index (χ0) is 21.3. The number of hydrogen-bond acceptors (Lipinski definition) is 4. The molecule has 3 aromatic rings. The van der Waals surface area contributed by atoms with E-state index < -0.39 is 24.4 Å². The van der Waals surface area contributed by atoms with Gasteiger partial charge in [0.2, 0.25) is 0 Å². The van der Waals surface area contributed by atoms with Gasteiger partial charge in [0, 0.05) is 11.4 Å². The summed E-state index contributed by atoms with van der Waals surface area (Å²) in [5.41, 5.74) is 2.93. The predicted octanol–water partition coefficient (Wildman–Crippen LogP) is 6.31. The van der Waals surface area contributed by atoms with E-state index in [1.165, 1.54) is 0 Å². The molecule has 6 heteroatoms. The summed E-state index contributed by atoms with van der Waals surface area (Å²) in [7, 11) is 0. The number of hydrogen-bond donors (Lipinski definition) is 2. The van der Waals surface area contributed by atoms with Gasteiger partial charge in [-0.25, -0.2) is 9.59 Å². The minimum Gasteiger partial charge on any atom is -0.441 e. The summed E-state index contributed by atoms with van der Waals surface area (Å²) in [4.78, 5) is 24.2. The van der Waals surface area contributed by atoms with Gasteiger partial charge in [0.15, 0.2) is 0 Å². The number of nitrogens with one attached hydrogen (secondary N) is 2. The zero-order valence-corrected chi connectivity index (χ0v) is 16.9. The maximum absolute atomic E-state index is 12.1. The second-order valence-corrected chi connectivity index (χ2v) is 6.75. The third-order valence-corrected chi connectivity index (χ3v) is 4.46. The standard InChI is InChI=1S/C24H24N2O4/c1-17(29-23(27)25-21-12-5-3-6-13-21)19-10-9-11-20(16-19)18(2)30-24(28)26-22-14-7-4-8-15-22/h3-18H,1-2H3,(H,25,27)(H,26,28)/t17-,18-/m0/s1. The smallest absolute Gasteiger partial charge is 0.412 e. The van der Waals surface area contributed by atoms with E-state index in [1.807, 2.05) is 60.7 Å². The molecule has 0 saturated heterocycles. The van der Waals surface area contributed by atoms with E-state index in [0.717, 1.165) is 11.1 Å². The van der Waals surface area contributed by atoms with Crippen LogP contribution in [0.4, 0.5) is 21.0 Å². The quantitative estimate of drug-likeness (QED) is 0.505. The molecule has 0 aliphatic rings. The average molecular weight is 404 g/mol. The van der Waals surface area contributed by atoms with E-state index in [-0.39, 0.29) is 0 Å². The Morgan fingerprint density at radius 2 is 1.03 bits per heavy atom. The predicted molar refractivity (Wildman–Crippen MR) is 116 cm³/mol. The molecule has 3 aromatic carbocycles. The van der Waals surface area contributed by atoms with Crippen molar-refractivity contribution in [2.24, 2.45) is 0 Å². The van der Waals surface area contributed by atoms with Crippen molar-refractivity contribution in [1.29, 1.82) is 0 Å². The first kappa shape index (κ1) is 20.9. The van der Waals surface area contributed by atoms with Crippen molar-refractivity contribution in [2.45, 2.75) is 26.1 Å². The second kappa shape index (κ2) is 10.1. The van der Waals surface area contributed by atoms with Gasteiger partial charge in [-0.05, 0) is 55.3 Å². The average Bonchev–Trinajstić information content (AvgIpc) is 2.75. The highest BCUT2D eigenvalue weighted by atomic mass is 16.6. The van der Waals surface area contributed by atoms with E-state index in [4.69, 9.17) is 9.47 Å². The molecule has 0 aliphatic carbocycles. The lowest BCUT2D eigenvalue weighted by Crippen LogP contribution is -2.17. The molecule has 3 rings (SSSR count). The van der Waals surface area contributed by atoms with Gasteiger partial charge in [-0.15, -0.1) is 0 Å². The van der Waals surface area contributed by atoms with E-state index in [9.17, 15) is 9.59 Å². The van der Waals surface area contributed by atoms with Crippen molar-refractivity contribution in [1.82, 2.24) is 0 Å². The Morgan fingerprint density at radius 3 is 1.43 bits per heavy atom. The van der Waals surface area contributed by atoms with Gasteiger partial charge in [-0.2, -0.15) is 0 Å². The molecule has 0 aliphatic heterocycles. The van der Waals surface area contributed by atoms with Crippen LogP contribution in [0.5, 0.6) is 0 Å². The Labute approximate surface area is 175 Å². The van der Waals surface area contributed by atoms with Gasteiger partial charge in [0.25, 0.3) is 0 Å². The third kappa shape index (κ3) is 6.10. The Kier molecular flexibility index (Phi) is 7.05. The van der Waals surface area contributed by atoms with Crippen molar-refractivity contribution in [3.05, 3.63) is 96.1 Å². The number of para-hydroxylation sites is 2. The summed E-state index contributed by atoms with van der Waals surface area (Å²) in [5.74, 6) is 0. The van der Waals surface area contributed by atoms with Gasteiger partial charge >= 0.3 is 12.2 Å². The van der Waals surface area contributed by atoms with Crippen LogP contribution in [0.25, 0.3) is 0 Å². The highest BCUT2D eigenvalue weighted by Gasteiger charge is 2.16. The molecular formula is C24H24N2O4. The molecule has 6 nitrogen and oxygen atoms in total. The molecule has 0 aromatic heterocycles. The number of ether oxygens (including phenoxy) is 2. The van der Waals surface area contributed by atoms with Crippen LogP contribution in [0, 0.1) is 0 Å². The van der Waals surface area contributed by atoms with Crippen LogP contribution in [0.15, 0.2) is 84.9 Å². The van der Waals surface area contributed by atoms with Gasteiger partial charge in [0.1, 0.15) is 12.2 Å². The minimum atomic E-state index is -0.536. The van der Waals surface area contributed by atoms with Crippen molar-refractivity contribution in [3.8, 4) is 0 Å². The van der Waals surface area contributed by atoms with Crippen LogP contribution in [-0.2, 0) is 9.47 Å². The Bertz CT molecular complexity index is 900. The fourth-order valence-electron chi connectivity index (χ4n) is 2.86. The van der Waals surface area contributed by atoms with Crippen LogP contribution >= 0.6 is 0 Å². The van der Waals surface area contributed by atoms with Crippen molar-refractivity contribution in [2.75, 3.05) is 10.6 Å². The van der Waals surface area contributed by atoms with Gasteiger partial charge in [-0.1, -0.05) is 54.6 Å². The molecule has 0 fully saturated rings. The molecule has 0 unspecified atom stereocenters. The first-order valence-electron chi connectivity index (χ1n) is 9.66. The molecular weight excluding hydrogens is 380 g/mol. The SMILES string of the molecule is C[C@H](OC(=O)Nc1ccccc1)c1cccc([C@H](C)OC(=O)Nc2ccccc2)c1.